The summed E-state index contributed by atoms with van der Waals surface area (Å²) >= 11 is 8.77. The van der Waals surface area contributed by atoms with Crippen LogP contribution < -0.4 is 0 Å². The van der Waals surface area contributed by atoms with Crippen molar-refractivity contribution in [1.29, 1.82) is 5.26 Å². The molecular weight excluding hydrogens is 289 g/mol. The van der Waals surface area contributed by atoms with Crippen molar-refractivity contribution >= 4 is 27.5 Å². The molecule has 0 N–H and O–H groups in total. The minimum atomic E-state index is -2.65. The number of halogens is 4. The van der Waals surface area contributed by atoms with E-state index in [9.17, 15) is 8.78 Å². The smallest absolute Gasteiger partial charge is 0.250 e. The minimum Gasteiger partial charge on any atom is -0.250 e. The van der Waals surface area contributed by atoms with Crippen LogP contribution >= 0.6 is 27.5 Å². The first-order chi connectivity index (χ1) is 7.10. The van der Waals surface area contributed by atoms with Gasteiger partial charge in [-0.25, -0.2) is 8.78 Å². The van der Waals surface area contributed by atoms with Gasteiger partial charge in [0, 0.05) is 10.0 Å². The highest BCUT2D eigenvalue weighted by Crippen LogP contribution is 2.27. The van der Waals surface area contributed by atoms with E-state index in [2.05, 4.69) is 20.9 Å². The molecule has 0 saturated heterocycles. The molecule has 0 aromatic carbocycles. The van der Waals surface area contributed by atoms with Crippen molar-refractivity contribution < 1.29 is 8.78 Å². The monoisotopic (exact) mass is 294 g/mol. The van der Waals surface area contributed by atoms with Crippen molar-refractivity contribution in [1.82, 2.24) is 4.98 Å². The Morgan fingerprint density at radius 2 is 2.27 bits per heavy atom. The average molecular weight is 296 g/mol. The summed E-state index contributed by atoms with van der Waals surface area (Å²) in [4.78, 5) is 3.71. The Hall–Kier alpha value is -0.730. The highest BCUT2D eigenvalue weighted by atomic mass is 79.9. The van der Waals surface area contributed by atoms with Crippen LogP contribution in [-0.2, 0) is 12.3 Å². The number of nitrogens with zero attached hydrogens (tertiary/aromatic N) is 2. The molecule has 6 heteroatoms. The summed E-state index contributed by atoms with van der Waals surface area (Å²) in [5.41, 5.74) is 0.542. The van der Waals surface area contributed by atoms with Gasteiger partial charge in [-0.1, -0.05) is 15.9 Å². The second-order valence-corrected chi connectivity index (χ2v) is 3.85. The van der Waals surface area contributed by atoms with Gasteiger partial charge in [0.15, 0.2) is 0 Å². The van der Waals surface area contributed by atoms with Crippen LogP contribution in [0.25, 0.3) is 0 Å². The number of aromatic nitrogens is 1. The molecule has 2 nitrogen and oxygen atoms in total. The van der Waals surface area contributed by atoms with Crippen LogP contribution in [0.5, 0.6) is 0 Å². The van der Waals surface area contributed by atoms with Gasteiger partial charge >= 0.3 is 0 Å². The highest BCUT2D eigenvalue weighted by molar-refractivity contribution is 9.10. The Kier molecular flexibility index (Phi) is 4.43. The van der Waals surface area contributed by atoms with Gasteiger partial charge in [-0.3, -0.25) is 4.98 Å². The first-order valence-electron chi connectivity index (χ1n) is 3.99. The fourth-order valence-corrected chi connectivity index (χ4v) is 2.15. The van der Waals surface area contributed by atoms with Crippen molar-refractivity contribution in [3.8, 4) is 6.07 Å². The average Bonchev–Trinajstić information content (AvgIpc) is 2.17. The lowest BCUT2D eigenvalue weighted by Crippen LogP contribution is -2.01. The number of alkyl halides is 3. The molecular formula is C9H6BrClF2N2. The second kappa shape index (κ2) is 5.38. The van der Waals surface area contributed by atoms with Crippen LogP contribution in [0.3, 0.4) is 0 Å². The number of rotatable bonds is 3. The van der Waals surface area contributed by atoms with E-state index in [-0.39, 0.29) is 18.0 Å². The quantitative estimate of drug-likeness (QED) is 0.799. The third kappa shape index (κ3) is 2.86. The maximum absolute atomic E-state index is 12.4. The molecule has 0 spiro atoms. The summed E-state index contributed by atoms with van der Waals surface area (Å²) in [6.07, 6.45) is -2.68. The van der Waals surface area contributed by atoms with Gasteiger partial charge in [0.2, 0.25) is 0 Å². The number of pyridine rings is 1. The molecule has 1 aromatic rings. The van der Waals surface area contributed by atoms with Crippen LogP contribution in [0.15, 0.2) is 10.5 Å². The van der Waals surface area contributed by atoms with Crippen molar-refractivity contribution in [2.45, 2.75) is 18.7 Å². The predicted molar refractivity (Wildman–Crippen MR) is 55.8 cm³/mol. The normalized spacial score (nSPS) is 10.4. The van der Waals surface area contributed by atoms with Gasteiger partial charge in [0.1, 0.15) is 5.69 Å². The standard InChI is InChI=1S/C9H6BrClF2N2/c10-6-3-8(9(12)13)15-7(1-2-14)5(6)4-11/h3,9H,1,4H2. The molecule has 1 rings (SSSR count). The van der Waals surface area contributed by atoms with E-state index < -0.39 is 6.43 Å². The van der Waals surface area contributed by atoms with Crippen LogP contribution in [0, 0.1) is 11.3 Å². The number of nitriles is 1. The van der Waals surface area contributed by atoms with Crippen molar-refractivity contribution in [2.75, 3.05) is 0 Å². The maximum atomic E-state index is 12.4. The van der Waals surface area contributed by atoms with E-state index in [0.29, 0.717) is 15.7 Å². The zero-order valence-corrected chi connectivity index (χ0v) is 9.82. The molecule has 0 saturated carbocycles. The fraction of sp³-hybridized carbons (Fsp3) is 0.333. The third-order valence-electron chi connectivity index (χ3n) is 1.78. The zero-order valence-electron chi connectivity index (χ0n) is 7.48. The minimum absolute atomic E-state index is 0.0266. The van der Waals surface area contributed by atoms with Crippen molar-refractivity contribution in [3.05, 3.63) is 27.5 Å². The number of hydrogen-bond donors (Lipinski definition) is 0. The molecule has 0 atom stereocenters. The molecule has 0 fully saturated rings. The second-order valence-electron chi connectivity index (χ2n) is 2.72. The molecule has 0 aliphatic carbocycles. The first kappa shape index (κ1) is 12.3. The van der Waals surface area contributed by atoms with E-state index in [0.717, 1.165) is 0 Å². The van der Waals surface area contributed by atoms with Crippen molar-refractivity contribution in [3.63, 3.8) is 0 Å². The van der Waals surface area contributed by atoms with E-state index in [1.54, 1.807) is 0 Å². The van der Waals surface area contributed by atoms with Gasteiger partial charge in [-0.2, -0.15) is 5.26 Å². The summed E-state index contributed by atoms with van der Waals surface area (Å²) in [6.45, 7) is 0. The lowest BCUT2D eigenvalue weighted by atomic mass is 10.1. The lowest BCUT2D eigenvalue weighted by Gasteiger charge is -2.08. The van der Waals surface area contributed by atoms with Crippen LogP contribution in [0.1, 0.15) is 23.4 Å². The molecule has 1 aromatic heterocycles. The summed E-state index contributed by atoms with van der Waals surface area (Å²) in [5.74, 6) is 0.133. The SMILES string of the molecule is N#CCc1nc(C(F)F)cc(Br)c1CCl. The topological polar surface area (TPSA) is 36.7 Å². The Morgan fingerprint density at radius 1 is 1.60 bits per heavy atom. The molecule has 15 heavy (non-hydrogen) atoms. The van der Waals surface area contributed by atoms with Gasteiger partial charge in [-0.05, 0) is 6.07 Å². The highest BCUT2D eigenvalue weighted by Gasteiger charge is 2.15. The van der Waals surface area contributed by atoms with E-state index in [1.165, 1.54) is 6.07 Å². The Bertz CT molecular complexity index is 404. The lowest BCUT2D eigenvalue weighted by molar-refractivity contribution is 0.145. The van der Waals surface area contributed by atoms with E-state index in [1.807, 2.05) is 6.07 Å². The first-order valence-corrected chi connectivity index (χ1v) is 5.32. The summed E-state index contributed by atoms with van der Waals surface area (Å²) in [5, 5.41) is 8.52. The van der Waals surface area contributed by atoms with Crippen molar-refractivity contribution in [2.24, 2.45) is 0 Å². The molecule has 0 amide bonds. The van der Waals surface area contributed by atoms with Gasteiger partial charge in [0.05, 0.1) is 24.1 Å². The van der Waals surface area contributed by atoms with E-state index in [4.69, 9.17) is 16.9 Å². The van der Waals surface area contributed by atoms with Crippen LogP contribution in [-0.4, -0.2) is 4.98 Å². The van der Waals surface area contributed by atoms with Gasteiger partial charge < -0.3 is 0 Å². The number of hydrogen-bond acceptors (Lipinski definition) is 2. The van der Waals surface area contributed by atoms with Crippen LogP contribution in [0.4, 0.5) is 8.78 Å². The molecule has 0 aliphatic heterocycles. The summed E-state index contributed by atoms with van der Waals surface area (Å²) in [6, 6.07) is 3.09. The third-order valence-corrected chi connectivity index (χ3v) is 2.75. The summed E-state index contributed by atoms with van der Waals surface area (Å²) in [7, 11) is 0. The van der Waals surface area contributed by atoms with Crippen LogP contribution in [0.2, 0.25) is 0 Å². The molecule has 80 valence electrons. The Balaban J connectivity index is 3.26. The van der Waals surface area contributed by atoms with Gasteiger partial charge in [-0.15, -0.1) is 11.6 Å². The predicted octanol–water partition coefficient (Wildman–Crippen LogP) is 3.59. The van der Waals surface area contributed by atoms with E-state index >= 15 is 0 Å². The van der Waals surface area contributed by atoms with Gasteiger partial charge in [0.25, 0.3) is 6.43 Å². The Labute approximate surface area is 99.0 Å². The Morgan fingerprint density at radius 3 is 2.73 bits per heavy atom. The maximum Gasteiger partial charge on any atom is 0.280 e. The zero-order chi connectivity index (χ0) is 11.4. The molecule has 0 aliphatic rings. The molecule has 0 radical (unpaired) electrons. The molecule has 0 bridgehead atoms. The largest absolute Gasteiger partial charge is 0.280 e. The summed E-state index contributed by atoms with van der Waals surface area (Å²) < 4.78 is 25.3. The molecule has 0 unspecified atom stereocenters. The fourth-order valence-electron chi connectivity index (χ4n) is 1.08. The molecule has 1 heterocycles.